The van der Waals surface area contributed by atoms with E-state index in [9.17, 15) is 14.4 Å². The van der Waals surface area contributed by atoms with Crippen LogP contribution in [0.2, 0.25) is 0 Å². The van der Waals surface area contributed by atoms with Crippen LogP contribution in [-0.2, 0) is 9.47 Å². The van der Waals surface area contributed by atoms with E-state index in [0.29, 0.717) is 32.7 Å². The molecule has 3 N–H and O–H groups in total. The van der Waals surface area contributed by atoms with Gasteiger partial charge in [0, 0.05) is 31.2 Å². The van der Waals surface area contributed by atoms with E-state index in [2.05, 4.69) is 25.9 Å². The number of amides is 1. The summed E-state index contributed by atoms with van der Waals surface area (Å²) in [6, 6.07) is 3.43. The summed E-state index contributed by atoms with van der Waals surface area (Å²) in [6.07, 6.45) is 3.19. The van der Waals surface area contributed by atoms with Gasteiger partial charge in [0.2, 0.25) is 0 Å². The van der Waals surface area contributed by atoms with Crippen LogP contribution in [0, 0.1) is 23.0 Å². The molecule has 0 saturated carbocycles. The van der Waals surface area contributed by atoms with Crippen LogP contribution < -0.4 is 20.9 Å². The van der Waals surface area contributed by atoms with E-state index in [1.807, 2.05) is 13.0 Å². The number of nitrogens with zero attached hydrogens (tertiary/aromatic N) is 4. The monoisotopic (exact) mass is 545 g/mol. The van der Waals surface area contributed by atoms with Crippen molar-refractivity contribution in [3.8, 4) is 6.07 Å². The maximum atomic E-state index is 15.0. The van der Waals surface area contributed by atoms with Crippen LogP contribution in [0.1, 0.15) is 59.4 Å². The predicted octanol–water partition coefficient (Wildman–Crippen LogP) is 5.09. The highest BCUT2D eigenvalue weighted by Gasteiger charge is 2.25. The highest BCUT2D eigenvalue weighted by atomic mass is 19.1. The number of carbonyl (C=O) groups is 1. The van der Waals surface area contributed by atoms with Crippen molar-refractivity contribution < 1.29 is 23.0 Å². The second-order valence-corrected chi connectivity index (χ2v) is 10.4. The van der Waals surface area contributed by atoms with Gasteiger partial charge in [0.25, 0.3) is 0 Å². The minimum absolute atomic E-state index is 0.0451. The van der Waals surface area contributed by atoms with Crippen molar-refractivity contribution >= 4 is 29.2 Å². The van der Waals surface area contributed by atoms with E-state index in [4.69, 9.17) is 9.47 Å². The molecular weight excluding hydrogens is 508 g/mol. The molecule has 0 spiro atoms. The standard InChI is InChI=1S/C27H37F2N7O3/c1-6-7-8-22(17(2)32-26(37)39-27(3,4)5)34-24-20(28)13-18(15-30)23(35-24)33-19-14-21(29)25(31-16-19)36-9-11-38-12-10-36/h13-14,16-17,22H,6-12H2,1-5H3,(H,32,37)(H2,33,34,35)/t17-,22+/m0/s1. The number of nitriles is 1. The zero-order chi connectivity index (χ0) is 28.6. The number of pyridine rings is 2. The zero-order valence-corrected chi connectivity index (χ0v) is 23.1. The molecular formula is C27H37F2N7O3. The number of anilines is 4. The molecule has 10 nitrogen and oxygen atoms in total. The number of nitrogens with one attached hydrogen (secondary N) is 3. The van der Waals surface area contributed by atoms with E-state index in [1.165, 1.54) is 12.3 Å². The van der Waals surface area contributed by atoms with Crippen molar-refractivity contribution in [1.82, 2.24) is 15.3 Å². The Morgan fingerprint density at radius 1 is 1.23 bits per heavy atom. The molecule has 1 aliphatic heterocycles. The molecule has 0 aliphatic carbocycles. The number of hydrogen-bond acceptors (Lipinski definition) is 9. The molecule has 3 heterocycles. The fraction of sp³-hybridized carbons (Fsp3) is 0.556. The van der Waals surface area contributed by atoms with E-state index in [1.54, 1.807) is 32.6 Å². The first-order chi connectivity index (χ1) is 18.5. The number of morpholine rings is 1. The molecule has 0 unspecified atom stereocenters. The van der Waals surface area contributed by atoms with Crippen molar-refractivity contribution in [1.29, 1.82) is 5.26 Å². The third-order valence-corrected chi connectivity index (χ3v) is 6.03. The Bertz CT molecular complexity index is 1180. The van der Waals surface area contributed by atoms with E-state index >= 15 is 4.39 Å². The normalized spacial score (nSPS) is 15.2. The minimum Gasteiger partial charge on any atom is -0.444 e. The van der Waals surface area contributed by atoms with Crippen LogP contribution in [-0.4, -0.2) is 60.0 Å². The third-order valence-electron chi connectivity index (χ3n) is 6.03. The smallest absolute Gasteiger partial charge is 0.407 e. The Hall–Kier alpha value is -3.72. The molecule has 12 heteroatoms. The Morgan fingerprint density at radius 2 is 1.95 bits per heavy atom. The Labute approximate surface area is 228 Å². The first-order valence-electron chi connectivity index (χ1n) is 13.1. The molecule has 1 aliphatic rings. The summed E-state index contributed by atoms with van der Waals surface area (Å²) in [5, 5.41) is 18.3. The van der Waals surface area contributed by atoms with Gasteiger partial charge >= 0.3 is 6.09 Å². The minimum atomic E-state index is -0.727. The number of unbranched alkanes of at least 4 members (excludes halogenated alkanes) is 1. The molecule has 0 radical (unpaired) electrons. The average Bonchev–Trinajstić information content (AvgIpc) is 2.87. The third kappa shape index (κ3) is 8.64. The number of aromatic nitrogens is 2. The number of rotatable bonds is 10. The van der Waals surface area contributed by atoms with Gasteiger partial charge in [-0.25, -0.2) is 23.5 Å². The number of hydrogen-bond donors (Lipinski definition) is 3. The number of carbonyl (C=O) groups excluding carboxylic acids is 1. The zero-order valence-electron chi connectivity index (χ0n) is 23.1. The summed E-state index contributed by atoms with van der Waals surface area (Å²) in [5.41, 5.74) is -0.457. The van der Waals surface area contributed by atoms with E-state index in [0.717, 1.165) is 18.9 Å². The lowest BCUT2D eigenvalue weighted by Gasteiger charge is -2.28. The fourth-order valence-corrected chi connectivity index (χ4v) is 4.06. The average molecular weight is 546 g/mol. The molecule has 2 aromatic heterocycles. The number of halogens is 2. The predicted molar refractivity (Wildman–Crippen MR) is 145 cm³/mol. The topological polar surface area (TPSA) is 124 Å². The second kappa shape index (κ2) is 13.4. The quantitative estimate of drug-likeness (QED) is 0.374. The van der Waals surface area contributed by atoms with Crippen LogP contribution >= 0.6 is 0 Å². The van der Waals surface area contributed by atoms with Crippen molar-refractivity contribution in [3.63, 3.8) is 0 Å². The van der Waals surface area contributed by atoms with Crippen LogP contribution in [0.15, 0.2) is 18.3 Å². The Morgan fingerprint density at radius 3 is 2.56 bits per heavy atom. The van der Waals surface area contributed by atoms with Gasteiger partial charge in [0.15, 0.2) is 29.1 Å². The molecule has 212 valence electrons. The van der Waals surface area contributed by atoms with Gasteiger partial charge in [0.05, 0.1) is 30.7 Å². The van der Waals surface area contributed by atoms with Gasteiger partial charge in [0.1, 0.15) is 11.7 Å². The first kappa shape index (κ1) is 29.8. The van der Waals surface area contributed by atoms with Crippen LogP contribution in [0.25, 0.3) is 0 Å². The first-order valence-corrected chi connectivity index (χ1v) is 13.1. The van der Waals surface area contributed by atoms with Crippen molar-refractivity contribution in [2.24, 2.45) is 0 Å². The molecule has 3 rings (SSSR count). The van der Waals surface area contributed by atoms with Crippen LogP contribution in [0.5, 0.6) is 0 Å². The van der Waals surface area contributed by atoms with Crippen molar-refractivity contribution in [2.75, 3.05) is 41.8 Å². The number of alkyl carbamates (subject to hydrolysis) is 1. The molecule has 1 fully saturated rings. The molecule has 1 amide bonds. The van der Waals surface area contributed by atoms with Gasteiger partial charge in [-0.2, -0.15) is 5.26 Å². The van der Waals surface area contributed by atoms with Gasteiger partial charge in [-0.15, -0.1) is 0 Å². The van der Waals surface area contributed by atoms with Crippen molar-refractivity contribution in [2.45, 2.75) is 71.6 Å². The second-order valence-electron chi connectivity index (χ2n) is 10.4. The SMILES string of the molecule is CCCC[C@@H](Nc1nc(Nc2cnc(N3CCOCC3)c(F)c2)c(C#N)cc1F)[C@H](C)NC(=O)OC(C)(C)C. The Kier molecular flexibility index (Phi) is 10.2. The van der Waals surface area contributed by atoms with Crippen LogP contribution in [0.4, 0.5) is 36.7 Å². The van der Waals surface area contributed by atoms with Gasteiger partial charge < -0.3 is 30.3 Å². The molecule has 39 heavy (non-hydrogen) atoms. The van der Waals surface area contributed by atoms with Gasteiger partial charge in [-0.05, 0) is 40.2 Å². The number of ether oxygens (including phenoxy) is 2. The molecule has 2 atom stereocenters. The van der Waals surface area contributed by atoms with Crippen LogP contribution in [0.3, 0.4) is 0 Å². The summed E-state index contributed by atoms with van der Waals surface area (Å²) in [4.78, 5) is 22.7. The summed E-state index contributed by atoms with van der Waals surface area (Å²) in [7, 11) is 0. The summed E-state index contributed by atoms with van der Waals surface area (Å²) in [5.74, 6) is -1.11. The Balaban J connectivity index is 1.81. The lowest BCUT2D eigenvalue weighted by Crippen LogP contribution is -2.46. The fourth-order valence-electron chi connectivity index (χ4n) is 4.06. The van der Waals surface area contributed by atoms with Gasteiger partial charge in [-0.3, -0.25) is 0 Å². The maximum Gasteiger partial charge on any atom is 0.407 e. The lowest BCUT2D eigenvalue weighted by molar-refractivity contribution is 0.0502. The highest BCUT2D eigenvalue weighted by Crippen LogP contribution is 2.27. The maximum absolute atomic E-state index is 15.0. The largest absolute Gasteiger partial charge is 0.444 e. The van der Waals surface area contributed by atoms with Gasteiger partial charge in [-0.1, -0.05) is 19.8 Å². The molecule has 2 aromatic rings. The molecule has 1 saturated heterocycles. The molecule has 0 bridgehead atoms. The lowest BCUT2D eigenvalue weighted by atomic mass is 10.0. The summed E-state index contributed by atoms with van der Waals surface area (Å²) in [6.45, 7) is 11.2. The summed E-state index contributed by atoms with van der Waals surface area (Å²) >= 11 is 0. The van der Waals surface area contributed by atoms with Crippen molar-refractivity contribution in [3.05, 3.63) is 35.5 Å². The van der Waals surface area contributed by atoms with E-state index in [-0.39, 0.29) is 34.7 Å². The summed E-state index contributed by atoms with van der Waals surface area (Å²) < 4.78 is 40.5. The van der Waals surface area contributed by atoms with E-state index < -0.39 is 29.4 Å². The molecule has 0 aromatic carbocycles. The highest BCUT2D eigenvalue weighted by molar-refractivity contribution is 5.68.